The van der Waals surface area contributed by atoms with Crippen molar-refractivity contribution in [3.63, 3.8) is 0 Å². The van der Waals surface area contributed by atoms with Gasteiger partial charge in [-0.05, 0) is 48.4 Å². The van der Waals surface area contributed by atoms with Gasteiger partial charge in [-0.25, -0.2) is 4.90 Å². The average molecular weight is 469 g/mol. The molecule has 0 spiro atoms. The topological polar surface area (TPSA) is 49.4 Å². The fraction of sp³-hybridized carbons (Fsp3) is 0.0833. The van der Waals surface area contributed by atoms with Crippen molar-refractivity contribution < 1.29 is 9.59 Å². The molecule has 0 unspecified atom stereocenters. The van der Waals surface area contributed by atoms with E-state index in [0.29, 0.717) is 20.6 Å². The molecule has 1 aliphatic rings. The number of nitrogens with one attached hydrogen (secondary N) is 1. The average Bonchev–Trinajstić information content (AvgIpc) is 2.98. The Bertz CT molecular complexity index is 1170. The standard InChI is InChI=1S/C24H18Cl2N2O2S/c1-2-15-8-6-7-11-20(15)27-21-22(31-19-9-4-3-5-10-19)24(30)28(23(21)29)18-13-16(25)12-17(26)14-18/h3-14,27H,2H2,1H3. The Balaban J connectivity index is 1.79. The van der Waals surface area contributed by atoms with Gasteiger partial charge >= 0.3 is 0 Å². The van der Waals surface area contributed by atoms with Gasteiger partial charge in [0.1, 0.15) is 10.6 Å². The summed E-state index contributed by atoms with van der Waals surface area (Å²) in [6, 6.07) is 21.8. The minimum Gasteiger partial charge on any atom is -0.350 e. The largest absolute Gasteiger partial charge is 0.350 e. The van der Waals surface area contributed by atoms with Crippen LogP contribution in [0.15, 0.2) is 88.3 Å². The van der Waals surface area contributed by atoms with Crippen LogP contribution in [0.4, 0.5) is 11.4 Å². The Morgan fingerprint density at radius 1 is 0.871 bits per heavy atom. The molecule has 0 saturated carbocycles. The zero-order valence-electron chi connectivity index (χ0n) is 16.6. The van der Waals surface area contributed by atoms with E-state index in [9.17, 15) is 9.59 Å². The van der Waals surface area contributed by atoms with Crippen LogP contribution >= 0.6 is 35.0 Å². The van der Waals surface area contributed by atoms with E-state index >= 15 is 0 Å². The zero-order valence-corrected chi connectivity index (χ0v) is 18.9. The molecule has 0 saturated heterocycles. The van der Waals surface area contributed by atoms with Crippen LogP contribution in [0.1, 0.15) is 12.5 Å². The smallest absolute Gasteiger partial charge is 0.283 e. The van der Waals surface area contributed by atoms with Crippen molar-refractivity contribution in [1.29, 1.82) is 0 Å². The van der Waals surface area contributed by atoms with Crippen molar-refractivity contribution in [3.05, 3.63) is 99.0 Å². The molecule has 0 aromatic heterocycles. The molecular weight excluding hydrogens is 451 g/mol. The van der Waals surface area contributed by atoms with Crippen LogP contribution in [-0.2, 0) is 16.0 Å². The first-order valence-corrected chi connectivity index (χ1v) is 11.2. The van der Waals surface area contributed by atoms with E-state index in [1.807, 2.05) is 61.5 Å². The predicted octanol–water partition coefficient (Wildman–Crippen LogP) is 6.55. The van der Waals surface area contributed by atoms with Crippen LogP contribution in [0.3, 0.4) is 0 Å². The summed E-state index contributed by atoms with van der Waals surface area (Å²) >= 11 is 13.5. The maximum absolute atomic E-state index is 13.4. The van der Waals surface area contributed by atoms with Crippen LogP contribution in [0.25, 0.3) is 0 Å². The second-order valence-electron chi connectivity index (χ2n) is 6.83. The van der Waals surface area contributed by atoms with Crippen molar-refractivity contribution in [3.8, 4) is 0 Å². The molecule has 1 aliphatic heterocycles. The lowest BCUT2D eigenvalue weighted by Crippen LogP contribution is -2.32. The number of amides is 2. The molecule has 3 aromatic carbocycles. The molecule has 1 N–H and O–H groups in total. The molecule has 3 aromatic rings. The van der Waals surface area contributed by atoms with E-state index in [2.05, 4.69) is 5.32 Å². The number of halogens is 2. The second kappa shape index (κ2) is 9.18. The van der Waals surface area contributed by atoms with Gasteiger partial charge < -0.3 is 5.32 Å². The van der Waals surface area contributed by atoms with E-state index in [1.165, 1.54) is 11.8 Å². The maximum atomic E-state index is 13.4. The minimum absolute atomic E-state index is 0.232. The van der Waals surface area contributed by atoms with Crippen LogP contribution in [0.2, 0.25) is 10.0 Å². The van der Waals surface area contributed by atoms with E-state index in [0.717, 1.165) is 27.5 Å². The van der Waals surface area contributed by atoms with E-state index in [4.69, 9.17) is 23.2 Å². The highest BCUT2D eigenvalue weighted by Crippen LogP contribution is 2.39. The summed E-state index contributed by atoms with van der Waals surface area (Å²) in [5, 5.41) is 3.91. The number of nitrogens with zero attached hydrogens (tertiary/aromatic N) is 1. The molecule has 4 nitrogen and oxygen atoms in total. The third-order valence-electron chi connectivity index (χ3n) is 4.77. The van der Waals surface area contributed by atoms with E-state index in [-0.39, 0.29) is 5.70 Å². The van der Waals surface area contributed by atoms with Crippen LogP contribution in [-0.4, -0.2) is 11.8 Å². The van der Waals surface area contributed by atoms with Gasteiger partial charge in [0.2, 0.25) is 0 Å². The van der Waals surface area contributed by atoms with E-state index in [1.54, 1.807) is 18.2 Å². The number of anilines is 2. The molecule has 0 aliphatic carbocycles. The number of para-hydroxylation sites is 1. The molecule has 0 bridgehead atoms. The molecular formula is C24H18Cl2N2O2S. The van der Waals surface area contributed by atoms with Gasteiger partial charge in [0, 0.05) is 20.6 Å². The Morgan fingerprint density at radius 2 is 1.52 bits per heavy atom. The number of aryl methyl sites for hydroxylation is 1. The lowest BCUT2D eigenvalue weighted by Gasteiger charge is -2.16. The lowest BCUT2D eigenvalue weighted by atomic mass is 10.1. The highest BCUT2D eigenvalue weighted by Gasteiger charge is 2.40. The Hall–Kier alpha value is -2.73. The first kappa shape index (κ1) is 21.5. The molecule has 31 heavy (non-hydrogen) atoms. The summed E-state index contributed by atoms with van der Waals surface area (Å²) in [7, 11) is 0. The molecule has 0 radical (unpaired) electrons. The van der Waals surface area contributed by atoms with Gasteiger partial charge in [-0.1, -0.05) is 78.3 Å². The highest BCUT2D eigenvalue weighted by molar-refractivity contribution is 8.04. The summed E-state index contributed by atoms with van der Waals surface area (Å²) in [4.78, 5) is 29.1. The van der Waals surface area contributed by atoms with Gasteiger partial charge in [-0.15, -0.1) is 0 Å². The van der Waals surface area contributed by atoms with Crippen LogP contribution in [0.5, 0.6) is 0 Å². The van der Waals surface area contributed by atoms with Crippen molar-refractivity contribution in [2.24, 2.45) is 0 Å². The molecule has 4 rings (SSSR count). The molecule has 1 heterocycles. The molecule has 2 amide bonds. The highest BCUT2D eigenvalue weighted by atomic mass is 35.5. The molecule has 156 valence electrons. The van der Waals surface area contributed by atoms with Crippen LogP contribution < -0.4 is 10.2 Å². The number of thioether (sulfide) groups is 1. The maximum Gasteiger partial charge on any atom is 0.283 e. The number of rotatable bonds is 6. The van der Waals surface area contributed by atoms with E-state index < -0.39 is 11.8 Å². The van der Waals surface area contributed by atoms with Crippen molar-refractivity contribution in [1.82, 2.24) is 0 Å². The summed E-state index contributed by atoms with van der Waals surface area (Å²) in [6.07, 6.45) is 0.785. The number of benzene rings is 3. The van der Waals surface area contributed by atoms with Gasteiger partial charge in [0.15, 0.2) is 0 Å². The third-order valence-corrected chi connectivity index (χ3v) is 6.30. The molecule has 0 fully saturated rings. The third kappa shape index (κ3) is 4.49. The monoisotopic (exact) mass is 468 g/mol. The fourth-order valence-electron chi connectivity index (χ4n) is 3.31. The number of carbonyl (C=O) groups excluding carboxylic acids is 2. The number of hydrogen-bond donors (Lipinski definition) is 1. The number of imide groups is 1. The molecule has 7 heteroatoms. The fourth-order valence-corrected chi connectivity index (χ4v) is 4.77. The number of hydrogen-bond acceptors (Lipinski definition) is 4. The quantitative estimate of drug-likeness (QED) is 0.416. The van der Waals surface area contributed by atoms with Gasteiger partial charge in [-0.3, -0.25) is 9.59 Å². The Labute approximate surface area is 194 Å². The summed E-state index contributed by atoms with van der Waals surface area (Å²) in [5.41, 5.74) is 2.40. The van der Waals surface area contributed by atoms with Crippen molar-refractivity contribution >= 4 is 58.2 Å². The summed E-state index contributed by atoms with van der Waals surface area (Å²) < 4.78 is 0. The summed E-state index contributed by atoms with van der Waals surface area (Å²) in [5.74, 6) is -0.874. The second-order valence-corrected chi connectivity index (χ2v) is 8.78. The van der Waals surface area contributed by atoms with Gasteiger partial charge in [-0.2, -0.15) is 0 Å². The normalized spacial score (nSPS) is 13.8. The van der Waals surface area contributed by atoms with Crippen molar-refractivity contribution in [2.75, 3.05) is 10.2 Å². The lowest BCUT2D eigenvalue weighted by molar-refractivity contribution is -0.120. The first-order chi connectivity index (χ1) is 15.0. The zero-order chi connectivity index (χ0) is 22.0. The Morgan fingerprint density at radius 3 is 2.19 bits per heavy atom. The van der Waals surface area contributed by atoms with Crippen molar-refractivity contribution in [2.45, 2.75) is 18.2 Å². The Kier molecular flexibility index (Phi) is 6.37. The van der Waals surface area contributed by atoms with Gasteiger partial charge in [0.05, 0.1) is 5.69 Å². The predicted molar refractivity (Wildman–Crippen MR) is 128 cm³/mol. The van der Waals surface area contributed by atoms with Gasteiger partial charge in [0.25, 0.3) is 11.8 Å². The first-order valence-electron chi connectivity index (χ1n) is 9.65. The van der Waals surface area contributed by atoms with Crippen LogP contribution in [0, 0.1) is 0 Å². The molecule has 0 atom stereocenters. The number of carbonyl (C=O) groups is 2. The SMILES string of the molecule is CCc1ccccc1NC1=C(Sc2ccccc2)C(=O)N(c2cc(Cl)cc(Cl)c2)C1=O. The minimum atomic E-state index is -0.451. The summed E-state index contributed by atoms with van der Waals surface area (Å²) in [6.45, 7) is 2.04.